The fraction of sp³-hybridized carbons (Fsp3) is 0.400. The Morgan fingerprint density at radius 2 is 1.79 bits per heavy atom. The van der Waals surface area contributed by atoms with Crippen LogP contribution in [0.1, 0.15) is 25.3 Å². The molecule has 34 heavy (non-hydrogen) atoms. The van der Waals surface area contributed by atoms with Crippen molar-refractivity contribution in [3.05, 3.63) is 48.0 Å². The van der Waals surface area contributed by atoms with Crippen LogP contribution in [-0.4, -0.2) is 67.2 Å². The van der Waals surface area contributed by atoms with Crippen molar-refractivity contribution in [2.45, 2.75) is 32.2 Å². The number of methoxy groups -OCH3 is 2. The minimum atomic E-state index is -0.648. The van der Waals surface area contributed by atoms with E-state index in [9.17, 15) is 9.59 Å². The van der Waals surface area contributed by atoms with Crippen LogP contribution in [0.3, 0.4) is 0 Å². The normalized spacial score (nSPS) is 15.5. The van der Waals surface area contributed by atoms with Crippen molar-refractivity contribution >= 4 is 34.8 Å². The molecule has 0 saturated carbocycles. The summed E-state index contributed by atoms with van der Waals surface area (Å²) in [6.45, 7) is 3.17. The lowest BCUT2D eigenvalue weighted by Gasteiger charge is -2.23. The molecular formula is C25H31N3O5S. The zero-order valence-electron chi connectivity index (χ0n) is 20.0. The molecule has 1 fully saturated rings. The number of carbonyl (C=O) groups is 2. The van der Waals surface area contributed by atoms with Crippen molar-refractivity contribution in [2.75, 3.05) is 39.7 Å². The van der Waals surface area contributed by atoms with E-state index in [-0.39, 0.29) is 18.2 Å². The third-order valence-electron chi connectivity index (χ3n) is 5.60. The first-order valence-electron chi connectivity index (χ1n) is 11.2. The lowest BCUT2D eigenvalue weighted by Crippen LogP contribution is -2.39. The van der Waals surface area contributed by atoms with E-state index in [2.05, 4.69) is 5.32 Å². The van der Waals surface area contributed by atoms with E-state index < -0.39 is 6.04 Å². The lowest BCUT2D eigenvalue weighted by molar-refractivity contribution is -0.130. The number of benzene rings is 2. The van der Waals surface area contributed by atoms with Crippen LogP contribution in [0.15, 0.2) is 42.5 Å². The third kappa shape index (κ3) is 5.96. The van der Waals surface area contributed by atoms with E-state index >= 15 is 0 Å². The second-order valence-electron chi connectivity index (χ2n) is 7.95. The maximum atomic E-state index is 12.8. The number of carbonyl (C=O) groups excluding carboxylic acids is 2. The second-order valence-corrected chi connectivity index (χ2v) is 8.32. The Bertz CT molecular complexity index is 1030. The van der Waals surface area contributed by atoms with Gasteiger partial charge in [0.15, 0.2) is 16.6 Å². The third-order valence-corrected chi connectivity index (χ3v) is 6.11. The highest BCUT2D eigenvalue weighted by atomic mass is 32.1. The zero-order valence-corrected chi connectivity index (χ0v) is 20.8. The number of hydrogen-bond acceptors (Lipinski definition) is 6. The molecule has 2 aromatic carbocycles. The number of anilines is 1. The van der Waals surface area contributed by atoms with E-state index in [0.29, 0.717) is 41.9 Å². The van der Waals surface area contributed by atoms with Crippen molar-refractivity contribution < 1.29 is 23.8 Å². The molecule has 182 valence electrons. The zero-order chi connectivity index (χ0) is 24.7. The first kappa shape index (κ1) is 25.3. The Morgan fingerprint density at radius 3 is 2.44 bits per heavy atom. The van der Waals surface area contributed by atoms with Gasteiger partial charge in [0.25, 0.3) is 5.91 Å². The number of nitrogens with one attached hydrogen (secondary N) is 1. The maximum absolute atomic E-state index is 12.8. The van der Waals surface area contributed by atoms with Crippen LogP contribution in [0.4, 0.5) is 5.69 Å². The SMILES string of the molecule is CCCOc1ccc(NC(=O)CC2C(=O)N(C)C(=S)N2CCc2ccc(OC)c(OC)c2)cc1. The molecule has 1 saturated heterocycles. The summed E-state index contributed by atoms with van der Waals surface area (Å²) in [5.41, 5.74) is 1.66. The smallest absolute Gasteiger partial charge is 0.251 e. The van der Waals surface area contributed by atoms with Gasteiger partial charge in [0.2, 0.25) is 5.91 Å². The number of likely N-dealkylation sites (N-methyl/N-ethyl adjacent to an activating group) is 1. The average molecular weight is 486 g/mol. The summed E-state index contributed by atoms with van der Waals surface area (Å²) < 4.78 is 16.2. The van der Waals surface area contributed by atoms with Crippen LogP contribution in [0.2, 0.25) is 0 Å². The molecule has 8 nitrogen and oxygen atoms in total. The molecule has 1 aliphatic heterocycles. The quantitative estimate of drug-likeness (QED) is 0.488. The average Bonchev–Trinajstić information content (AvgIpc) is 3.05. The predicted octanol–water partition coefficient (Wildman–Crippen LogP) is 3.49. The molecule has 1 heterocycles. The maximum Gasteiger partial charge on any atom is 0.251 e. The first-order valence-corrected chi connectivity index (χ1v) is 11.6. The highest BCUT2D eigenvalue weighted by Gasteiger charge is 2.41. The standard InChI is InChI=1S/C25H31N3O5S/c1-5-14-33-19-9-7-18(8-10-19)26-23(29)16-20-24(30)27(2)25(34)28(20)13-12-17-6-11-21(31-3)22(15-17)32-4/h6-11,15,20H,5,12-14,16H2,1-4H3,(H,26,29). The van der Waals surface area contributed by atoms with Crippen LogP contribution >= 0.6 is 12.2 Å². The van der Waals surface area contributed by atoms with Crippen molar-refractivity contribution in [3.63, 3.8) is 0 Å². The molecular weight excluding hydrogens is 454 g/mol. The van der Waals surface area contributed by atoms with Crippen LogP contribution in [0, 0.1) is 0 Å². The van der Waals surface area contributed by atoms with Gasteiger partial charge in [0.05, 0.1) is 27.2 Å². The molecule has 3 rings (SSSR count). The van der Waals surface area contributed by atoms with Crippen molar-refractivity contribution in [1.82, 2.24) is 9.80 Å². The summed E-state index contributed by atoms with van der Waals surface area (Å²) in [5, 5.41) is 3.28. The molecule has 0 bridgehead atoms. The second kappa shape index (κ2) is 11.7. The van der Waals surface area contributed by atoms with Gasteiger partial charge in [-0.25, -0.2) is 0 Å². The summed E-state index contributed by atoms with van der Waals surface area (Å²) in [6, 6.07) is 12.2. The van der Waals surface area contributed by atoms with E-state index in [4.69, 9.17) is 26.4 Å². The highest BCUT2D eigenvalue weighted by Crippen LogP contribution is 2.28. The largest absolute Gasteiger partial charge is 0.494 e. The van der Waals surface area contributed by atoms with E-state index in [1.165, 1.54) is 4.90 Å². The number of hydrogen-bond donors (Lipinski definition) is 1. The van der Waals surface area contributed by atoms with E-state index in [1.54, 1.807) is 33.4 Å². The highest BCUT2D eigenvalue weighted by molar-refractivity contribution is 7.80. The summed E-state index contributed by atoms with van der Waals surface area (Å²) in [5.74, 6) is 1.60. The fourth-order valence-corrected chi connectivity index (χ4v) is 4.06. The minimum Gasteiger partial charge on any atom is -0.494 e. The topological polar surface area (TPSA) is 80.3 Å². The molecule has 2 aromatic rings. The van der Waals surface area contributed by atoms with Crippen LogP contribution < -0.4 is 19.5 Å². The Labute approximate surface area is 205 Å². The first-order chi connectivity index (χ1) is 16.4. The van der Waals surface area contributed by atoms with E-state index in [1.807, 2.05) is 42.2 Å². The Balaban J connectivity index is 1.64. The lowest BCUT2D eigenvalue weighted by atomic mass is 10.1. The van der Waals surface area contributed by atoms with Gasteiger partial charge < -0.3 is 24.4 Å². The van der Waals surface area contributed by atoms with Gasteiger partial charge in [-0.1, -0.05) is 13.0 Å². The molecule has 0 aliphatic carbocycles. The molecule has 0 radical (unpaired) electrons. The summed E-state index contributed by atoms with van der Waals surface area (Å²) in [7, 11) is 4.82. The van der Waals surface area contributed by atoms with Crippen molar-refractivity contribution in [2.24, 2.45) is 0 Å². The van der Waals surface area contributed by atoms with Gasteiger partial charge in [-0.15, -0.1) is 0 Å². The van der Waals surface area contributed by atoms with Gasteiger partial charge in [-0.2, -0.15) is 0 Å². The van der Waals surface area contributed by atoms with Gasteiger partial charge >= 0.3 is 0 Å². The molecule has 9 heteroatoms. The summed E-state index contributed by atoms with van der Waals surface area (Å²) >= 11 is 5.49. The van der Waals surface area contributed by atoms with Gasteiger partial charge in [-0.05, 0) is 67.0 Å². The minimum absolute atomic E-state index is 0.00331. The Kier molecular flexibility index (Phi) is 8.70. The van der Waals surface area contributed by atoms with Crippen LogP contribution in [0.25, 0.3) is 0 Å². The summed E-state index contributed by atoms with van der Waals surface area (Å²) in [4.78, 5) is 28.8. The van der Waals surface area contributed by atoms with Gasteiger partial charge in [-0.3, -0.25) is 14.5 Å². The molecule has 1 N–H and O–H groups in total. The van der Waals surface area contributed by atoms with E-state index in [0.717, 1.165) is 17.7 Å². The monoisotopic (exact) mass is 485 g/mol. The fourth-order valence-electron chi connectivity index (χ4n) is 3.75. The van der Waals surface area contributed by atoms with Crippen LogP contribution in [0.5, 0.6) is 17.2 Å². The van der Waals surface area contributed by atoms with Gasteiger partial charge in [0, 0.05) is 19.3 Å². The Morgan fingerprint density at radius 1 is 1.09 bits per heavy atom. The number of amides is 2. The number of ether oxygens (including phenoxy) is 3. The molecule has 1 atom stereocenters. The molecule has 1 aliphatic rings. The predicted molar refractivity (Wildman–Crippen MR) is 135 cm³/mol. The molecule has 1 unspecified atom stereocenters. The molecule has 0 aromatic heterocycles. The Hall–Kier alpha value is -3.33. The van der Waals surface area contributed by atoms with Crippen LogP contribution in [-0.2, 0) is 16.0 Å². The van der Waals surface area contributed by atoms with Gasteiger partial charge in [0.1, 0.15) is 11.8 Å². The van der Waals surface area contributed by atoms with Crippen molar-refractivity contribution in [3.8, 4) is 17.2 Å². The molecule has 2 amide bonds. The molecule has 0 spiro atoms. The number of nitrogens with zero attached hydrogens (tertiary/aromatic N) is 2. The summed E-state index contributed by atoms with van der Waals surface area (Å²) in [6.07, 6.45) is 1.55. The number of thiocarbonyl (C=S) groups is 1. The van der Waals surface area contributed by atoms with Crippen molar-refractivity contribution in [1.29, 1.82) is 0 Å². The number of rotatable bonds is 11.